The topological polar surface area (TPSA) is 107 Å². The van der Waals surface area contributed by atoms with Crippen LogP contribution in [-0.2, 0) is 17.1 Å². The molecule has 4 aromatic rings. The molecule has 0 aromatic carbocycles. The summed E-state index contributed by atoms with van der Waals surface area (Å²) in [5, 5.41) is 4.32. The summed E-state index contributed by atoms with van der Waals surface area (Å²) < 4.78 is 30.0. The Morgan fingerprint density at radius 3 is 2.76 bits per heavy atom. The first-order chi connectivity index (χ1) is 13.8. The van der Waals surface area contributed by atoms with Gasteiger partial charge < -0.3 is 0 Å². The monoisotopic (exact) mass is 413 g/mol. The summed E-state index contributed by atoms with van der Waals surface area (Å²) in [5.41, 5.74) is 2.50. The van der Waals surface area contributed by atoms with Crippen LogP contribution < -0.4 is 5.69 Å². The molecule has 5 rings (SSSR count). The molecule has 0 radical (unpaired) electrons. The SMILES string of the molecule is Cn1c(=O)n(C2CCN(S(C)(=O)=O)C2)c2nc(-c3cnn4ccccc34)ncc21. The van der Waals surface area contributed by atoms with E-state index >= 15 is 0 Å². The zero-order valence-corrected chi connectivity index (χ0v) is 16.7. The summed E-state index contributed by atoms with van der Waals surface area (Å²) in [4.78, 5) is 22.1. The van der Waals surface area contributed by atoms with Gasteiger partial charge in [0.25, 0.3) is 0 Å². The van der Waals surface area contributed by atoms with Gasteiger partial charge in [-0.25, -0.2) is 32.0 Å². The molecule has 0 amide bonds. The molecule has 1 atom stereocenters. The maximum absolute atomic E-state index is 12.9. The average Bonchev–Trinajstić information content (AvgIpc) is 3.39. The molecule has 0 aliphatic carbocycles. The van der Waals surface area contributed by atoms with E-state index in [-0.39, 0.29) is 18.3 Å². The third-order valence-corrected chi connectivity index (χ3v) is 6.73. The van der Waals surface area contributed by atoms with Gasteiger partial charge in [0.05, 0.1) is 35.8 Å². The molecule has 150 valence electrons. The Morgan fingerprint density at radius 2 is 2.00 bits per heavy atom. The van der Waals surface area contributed by atoms with Crippen molar-refractivity contribution in [1.29, 1.82) is 0 Å². The van der Waals surface area contributed by atoms with Gasteiger partial charge in [0.2, 0.25) is 10.0 Å². The van der Waals surface area contributed by atoms with Crippen molar-refractivity contribution in [3.05, 3.63) is 47.3 Å². The van der Waals surface area contributed by atoms with Crippen LogP contribution in [0.3, 0.4) is 0 Å². The van der Waals surface area contributed by atoms with Gasteiger partial charge in [-0.05, 0) is 18.6 Å². The normalized spacial score (nSPS) is 18.2. The summed E-state index contributed by atoms with van der Waals surface area (Å²) in [6, 6.07) is 5.45. The fraction of sp³-hybridized carbons (Fsp3) is 0.333. The Hall–Kier alpha value is -3.05. The van der Waals surface area contributed by atoms with Crippen LogP contribution in [0.5, 0.6) is 0 Å². The number of pyridine rings is 1. The van der Waals surface area contributed by atoms with Crippen LogP contribution in [0.1, 0.15) is 12.5 Å². The number of nitrogens with zero attached hydrogens (tertiary/aromatic N) is 7. The molecule has 0 spiro atoms. The Morgan fingerprint density at radius 1 is 1.17 bits per heavy atom. The number of fused-ring (bicyclic) bond motifs is 2. The second-order valence-electron chi connectivity index (χ2n) is 7.27. The summed E-state index contributed by atoms with van der Waals surface area (Å²) >= 11 is 0. The average molecular weight is 413 g/mol. The molecule has 1 saturated heterocycles. The number of hydrogen-bond acceptors (Lipinski definition) is 6. The highest BCUT2D eigenvalue weighted by molar-refractivity contribution is 7.88. The Kier molecular flexibility index (Phi) is 3.87. The fourth-order valence-electron chi connectivity index (χ4n) is 3.92. The number of imidazole rings is 1. The van der Waals surface area contributed by atoms with E-state index in [0.29, 0.717) is 30.0 Å². The molecule has 1 aliphatic rings. The van der Waals surface area contributed by atoms with E-state index in [0.717, 1.165) is 11.1 Å². The van der Waals surface area contributed by atoms with Crippen LogP contribution in [0.2, 0.25) is 0 Å². The summed E-state index contributed by atoms with van der Waals surface area (Å²) in [6.07, 6.45) is 6.91. The number of rotatable bonds is 3. The van der Waals surface area contributed by atoms with Crippen LogP contribution in [0, 0.1) is 0 Å². The van der Waals surface area contributed by atoms with Crippen LogP contribution >= 0.6 is 0 Å². The molecule has 10 nitrogen and oxygen atoms in total. The van der Waals surface area contributed by atoms with E-state index in [1.54, 1.807) is 28.5 Å². The van der Waals surface area contributed by atoms with Gasteiger partial charge in [0, 0.05) is 26.3 Å². The van der Waals surface area contributed by atoms with Crippen molar-refractivity contribution >= 4 is 26.7 Å². The van der Waals surface area contributed by atoms with Gasteiger partial charge in [-0.2, -0.15) is 5.10 Å². The Balaban J connectivity index is 1.67. The van der Waals surface area contributed by atoms with Crippen molar-refractivity contribution in [2.45, 2.75) is 12.5 Å². The van der Waals surface area contributed by atoms with E-state index in [2.05, 4.69) is 10.1 Å². The van der Waals surface area contributed by atoms with Crippen molar-refractivity contribution < 1.29 is 8.42 Å². The number of sulfonamides is 1. The van der Waals surface area contributed by atoms with Gasteiger partial charge in [0.1, 0.15) is 5.52 Å². The van der Waals surface area contributed by atoms with Crippen molar-refractivity contribution in [1.82, 2.24) is 33.0 Å². The quantitative estimate of drug-likeness (QED) is 0.488. The van der Waals surface area contributed by atoms with Crippen LogP contribution in [-0.4, -0.2) is 60.8 Å². The minimum atomic E-state index is -3.30. The third kappa shape index (κ3) is 2.76. The van der Waals surface area contributed by atoms with Crippen LogP contribution in [0.4, 0.5) is 0 Å². The van der Waals surface area contributed by atoms with E-state index in [1.807, 2.05) is 24.4 Å². The number of aromatic nitrogens is 6. The van der Waals surface area contributed by atoms with E-state index < -0.39 is 10.0 Å². The first-order valence-electron chi connectivity index (χ1n) is 9.16. The summed E-state index contributed by atoms with van der Waals surface area (Å²) in [6.45, 7) is 0.645. The maximum atomic E-state index is 12.9. The highest BCUT2D eigenvalue weighted by atomic mass is 32.2. The molecular weight excluding hydrogens is 394 g/mol. The lowest BCUT2D eigenvalue weighted by molar-refractivity contribution is 0.453. The first-order valence-corrected chi connectivity index (χ1v) is 11.0. The number of aryl methyl sites for hydroxylation is 1. The lowest BCUT2D eigenvalue weighted by Gasteiger charge is -2.14. The zero-order chi connectivity index (χ0) is 20.3. The maximum Gasteiger partial charge on any atom is 0.330 e. The standard InChI is InChI=1S/C18H19N7O3S/c1-22-15-10-19-16(13-9-20-24-7-4-3-5-14(13)24)21-17(15)25(18(22)26)12-6-8-23(11-12)29(2,27)28/h3-5,7,9-10,12H,6,8,11H2,1-2H3. The minimum Gasteiger partial charge on any atom is -0.292 e. The highest BCUT2D eigenvalue weighted by Gasteiger charge is 2.32. The van der Waals surface area contributed by atoms with Gasteiger partial charge in [0.15, 0.2) is 11.5 Å². The second-order valence-corrected chi connectivity index (χ2v) is 9.25. The predicted octanol–water partition coefficient (Wildman–Crippen LogP) is 0.651. The van der Waals surface area contributed by atoms with Crippen molar-refractivity contribution in [3.8, 4) is 11.4 Å². The molecule has 0 bridgehead atoms. The third-order valence-electron chi connectivity index (χ3n) is 5.46. The highest BCUT2D eigenvalue weighted by Crippen LogP contribution is 2.27. The first kappa shape index (κ1) is 18.0. The Bertz CT molecular complexity index is 1420. The van der Waals surface area contributed by atoms with Gasteiger partial charge in [-0.1, -0.05) is 6.07 Å². The molecule has 29 heavy (non-hydrogen) atoms. The lowest BCUT2D eigenvalue weighted by atomic mass is 10.2. The summed E-state index contributed by atoms with van der Waals surface area (Å²) in [5.74, 6) is 0.469. The zero-order valence-electron chi connectivity index (χ0n) is 15.9. The van der Waals surface area contributed by atoms with Crippen molar-refractivity contribution in [2.24, 2.45) is 7.05 Å². The molecule has 1 fully saturated rings. The van der Waals surface area contributed by atoms with E-state index in [1.165, 1.54) is 15.1 Å². The smallest absolute Gasteiger partial charge is 0.292 e. The Labute approximate surface area is 166 Å². The molecule has 1 unspecified atom stereocenters. The fourth-order valence-corrected chi connectivity index (χ4v) is 4.80. The molecule has 11 heteroatoms. The van der Waals surface area contributed by atoms with Crippen molar-refractivity contribution in [3.63, 3.8) is 0 Å². The lowest BCUT2D eigenvalue weighted by Crippen LogP contribution is -2.31. The van der Waals surface area contributed by atoms with Crippen molar-refractivity contribution in [2.75, 3.05) is 19.3 Å². The van der Waals surface area contributed by atoms with E-state index in [9.17, 15) is 13.2 Å². The van der Waals surface area contributed by atoms with E-state index in [4.69, 9.17) is 4.98 Å². The van der Waals surface area contributed by atoms with Crippen LogP contribution in [0.25, 0.3) is 28.1 Å². The number of hydrogen-bond donors (Lipinski definition) is 0. The summed E-state index contributed by atoms with van der Waals surface area (Å²) in [7, 11) is -1.63. The van der Waals surface area contributed by atoms with Gasteiger partial charge >= 0.3 is 5.69 Å². The molecule has 0 saturated carbocycles. The predicted molar refractivity (Wildman–Crippen MR) is 107 cm³/mol. The molecule has 0 N–H and O–H groups in total. The molecule has 5 heterocycles. The van der Waals surface area contributed by atoms with Crippen LogP contribution in [0.15, 0.2) is 41.6 Å². The molecule has 1 aliphatic heterocycles. The molecule has 4 aromatic heterocycles. The molecular formula is C18H19N7O3S. The van der Waals surface area contributed by atoms with Gasteiger partial charge in [-0.3, -0.25) is 9.13 Å². The second kappa shape index (κ2) is 6.22. The van der Waals surface area contributed by atoms with Gasteiger partial charge in [-0.15, -0.1) is 0 Å². The largest absolute Gasteiger partial charge is 0.330 e. The minimum absolute atomic E-state index is 0.230.